The van der Waals surface area contributed by atoms with Gasteiger partial charge in [0.15, 0.2) is 5.82 Å². The van der Waals surface area contributed by atoms with Crippen molar-refractivity contribution in [1.82, 2.24) is 24.4 Å². The summed E-state index contributed by atoms with van der Waals surface area (Å²) >= 11 is 0. The van der Waals surface area contributed by atoms with Gasteiger partial charge in [-0.25, -0.2) is 9.97 Å². The monoisotopic (exact) mass is 257 g/mol. The summed E-state index contributed by atoms with van der Waals surface area (Å²) in [5.41, 5.74) is 1.09. The first-order valence-corrected chi connectivity index (χ1v) is 6.75. The number of hydrogen-bond acceptors (Lipinski definition) is 4. The normalized spacial score (nSPS) is 20.6. The van der Waals surface area contributed by atoms with E-state index in [1.165, 1.54) is 19.4 Å². The SMILES string of the molecule is Cc1nccn1-c1cncc([C@H]2CCCN(C)C2)n1. The molecule has 5 nitrogen and oxygen atoms in total. The standard InChI is InChI=1S/C14H19N5/c1-11-16-5-7-19(11)14-9-15-8-13(17-14)12-4-3-6-18(2)10-12/h5,7-9,12H,3-4,6,10H2,1-2H3/t12-/m0/s1. The third kappa shape index (κ3) is 2.51. The molecule has 0 aromatic carbocycles. The predicted octanol–water partition coefficient (Wildman–Crippen LogP) is 1.78. The van der Waals surface area contributed by atoms with Crippen molar-refractivity contribution < 1.29 is 0 Å². The molecule has 1 aliphatic rings. The highest BCUT2D eigenvalue weighted by Gasteiger charge is 2.20. The fourth-order valence-electron chi connectivity index (χ4n) is 2.71. The van der Waals surface area contributed by atoms with Gasteiger partial charge in [0.25, 0.3) is 0 Å². The highest BCUT2D eigenvalue weighted by atomic mass is 15.1. The lowest BCUT2D eigenvalue weighted by molar-refractivity contribution is 0.248. The van der Waals surface area contributed by atoms with Crippen molar-refractivity contribution in [2.24, 2.45) is 0 Å². The second-order valence-electron chi connectivity index (χ2n) is 5.25. The molecule has 0 spiro atoms. The van der Waals surface area contributed by atoms with Gasteiger partial charge in [0.2, 0.25) is 0 Å². The van der Waals surface area contributed by atoms with Gasteiger partial charge in [0, 0.05) is 31.1 Å². The van der Waals surface area contributed by atoms with E-state index in [1.807, 2.05) is 23.9 Å². The summed E-state index contributed by atoms with van der Waals surface area (Å²) in [5, 5.41) is 0. The zero-order chi connectivity index (χ0) is 13.2. The maximum Gasteiger partial charge on any atom is 0.156 e. The molecule has 0 unspecified atom stereocenters. The molecular weight excluding hydrogens is 238 g/mol. The third-order valence-corrected chi connectivity index (χ3v) is 3.76. The number of hydrogen-bond donors (Lipinski definition) is 0. The summed E-state index contributed by atoms with van der Waals surface area (Å²) in [4.78, 5) is 15.7. The van der Waals surface area contributed by atoms with Crippen LogP contribution in [0, 0.1) is 6.92 Å². The fraction of sp³-hybridized carbons (Fsp3) is 0.500. The second kappa shape index (κ2) is 5.09. The Kier molecular flexibility index (Phi) is 3.29. The summed E-state index contributed by atoms with van der Waals surface area (Å²) in [6, 6.07) is 0. The molecule has 0 radical (unpaired) electrons. The van der Waals surface area contributed by atoms with E-state index in [9.17, 15) is 0 Å². The van der Waals surface area contributed by atoms with E-state index < -0.39 is 0 Å². The van der Waals surface area contributed by atoms with Crippen LogP contribution in [0.15, 0.2) is 24.8 Å². The number of nitrogens with zero attached hydrogens (tertiary/aromatic N) is 5. The van der Waals surface area contributed by atoms with Gasteiger partial charge in [0.05, 0.1) is 11.9 Å². The molecule has 0 N–H and O–H groups in total. The van der Waals surface area contributed by atoms with Gasteiger partial charge in [0.1, 0.15) is 5.82 Å². The van der Waals surface area contributed by atoms with Crippen LogP contribution in [0.4, 0.5) is 0 Å². The number of rotatable bonds is 2. The highest BCUT2D eigenvalue weighted by molar-refractivity contribution is 5.23. The Bertz CT molecular complexity index is 562. The number of imidazole rings is 1. The van der Waals surface area contributed by atoms with Crippen LogP contribution in [0.1, 0.15) is 30.3 Å². The predicted molar refractivity (Wildman–Crippen MR) is 73.4 cm³/mol. The lowest BCUT2D eigenvalue weighted by Crippen LogP contribution is -2.31. The van der Waals surface area contributed by atoms with Crippen LogP contribution < -0.4 is 0 Å². The van der Waals surface area contributed by atoms with Crippen LogP contribution in [-0.2, 0) is 0 Å². The van der Waals surface area contributed by atoms with E-state index in [2.05, 4.69) is 21.9 Å². The molecule has 1 aliphatic heterocycles. The second-order valence-corrected chi connectivity index (χ2v) is 5.25. The zero-order valence-electron chi connectivity index (χ0n) is 11.5. The van der Waals surface area contributed by atoms with Crippen molar-refractivity contribution in [3.05, 3.63) is 36.3 Å². The Labute approximate surface area is 113 Å². The van der Waals surface area contributed by atoms with E-state index in [4.69, 9.17) is 4.98 Å². The van der Waals surface area contributed by atoms with E-state index in [-0.39, 0.29) is 0 Å². The van der Waals surface area contributed by atoms with E-state index in [1.54, 1.807) is 12.4 Å². The number of likely N-dealkylation sites (tertiary alicyclic amines) is 1. The molecule has 1 fully saturated rings. The Morgan fingerprint density at radius 3 is 2.95 bits per heavy atom. The highest BCUT2D eigenvalue weighted by Crippen LogP contribution is 2.24. The van der Waals surface area contributed by atoms with Gasteiger partial charge in [-0.1, -0.05) is 0 Å². The molecule has 100 valence electrons. The van der Waals surface area contributed by atoms with Crippen LogP contribution in [0.25, 0.3) is 5.82 Å². The van der Waals surface area contributed by atoms with Gasteiger partial charge in [-0.15, -0.1) is 0 Å². The Balaban J connectivity index is 1.90. The van der Waals surface area contributed by atoms with E-state index in [0.717, 1.165) is 23.9 Å². The van der Waals surface area contributed by atoms with E-state index in [0.29, 0.717) is 5.92 Å². The van der Waals surface area contributed by atoms with Gasteiger partial charge in [-0.2, -0.15) is 0 Å². The first kappa shape index (κ1) is 12.3. The molecule has 3 heterocycles. The quantitative estimate of drug-likeness (QED) is 0.822. The van der Waals surface area contributed by atoms with Gasteiger partial charge >= 0.3 is 0 Å². The van der Waals surface area contributed by atoms with Gasteiger partial charge in [-0.05, 0) is 33.4 Å². The summed E-state index contributed by atoms with van der Waals surface area (Å²) in [6.45, 7) is 4.23. The van der Waals surface area contributed by atoms with Gasteiger partial charge in [-0.3, -0.25) is 9.55 Å². The average molecular weight is 257 g/mol. The molecule has 2 aromatic heterocycles. The van der Waals surface area contributed by atoms with Crippen molar-refractivity contribution in [2.45, 2.75) is 25.7 Å². The molecular formula is C14H19N5. The summed E-state index contributed by atoms with van der Waals surface area (Å²) < 4.78 is 1.98. The minimum absolute atomic E-state index is 0.495. The molecule has 3 rings (SSSR count). The van der Waals surface area contributed by atoms with Crippen molar-refractivity contribution in [3.8, 4) is 5.82 Å². The van der Waals surface area contributed by atoms with Crippen LogP contribution in [0.5, 0.6) is 0 Å². The van der Waals surface area contributed by atoms with Crippen LogP contribution in [-0.4, -0.2) is 44.6 Å². The van der Waals surface area contributed by atoms with Crippen LogP contribution in [0.2, 0.25) is 0 Å². The maximum atomic E-state index is 4.77. The number of aryl methyl sites for hydroxylation is 1. The summed E-state index contributed by atoms with van der Waals surface area (Å²) in [7, 11) is 2.17. The molecule has 1 saturated heterocycles. The molecule has 19 heavy (non-hydrogen) atoms. The minimum Gasteiger partial charge on any atom is -0.306 e. The molecule has 0 amide bonds. The smallest absolute Gasteiger partial charge is 0.156 e. The van der Waals surface area contributed by atoms with Crippen molar-refractivity contribution in [1.29, 1.82) is 0 Å². The topological polar surface area (TPSA) is 46.8 Å². The molecule has 5 heteroatoms. The molecule has 0 aliphatic carbocycles. The Morgan fingerprint density at radius 2 is 2.21 bits per heavy atom. The largest absolute Gasteiger partial charge is 0.306 e. The zero-order valence-corrected chi connectivity index (χ0v) is 11.5. The number of piperidine rings is 1. The third-order valence-electron chi connectivity index (χ3n) is 3.76. The lowest BCUT2D eigenvalue weighted by atomic mass is 9.95. The van der Waals surface area contributed by atoms with Crippen LogP contribution >= 0.6 is 0 Å². The minimum atomic E-state index is 0.495. The summed E-state index contributed by atoms with van der Waals surface area (Å²) in [6.07, 6.45) is 9.85. The Morgan fingerprint density at radius 1 is 1.32 bits per heavy atom. The van der Waals surface area contributed by atoms with Crippen molar-refractivity contribution in [3.63, 3.8) is 0 Å². The van der Waals surface area contributed by atoms with E-state index >= 15 is 0 Å². The van der Waals surface area contributed by atoms with Crippen molar-refractivity contribution >= 4 is 0 Å². The lowest BCUT2D eigenvalue weighted by Gasteiger charge is -2.29. The molecule has 0 saturated carbocycles. The fourth-order valence-corrected chi connectivity index (χ4v) is 2.71. The van der Waals surface area contributed by atoms with Crippen molar-refractivity contribution in [2.75, 3.05) is 20.1 Å². The van der Waals surface area contributed by atoms with Gasteiger partial charge < -0.3 is 4.90 Å². The molecule has 0 bridgehead atoms. The summed E-state index contributed by atoms with van der Waals surface area (Å²) in [5.74, 6) is 2.29. The molecule has 2 aromatic rings. The Hall–Kier alpha value is -1.75. The maximum absolute atomic E-state index is 4.77. The number of likely N-dealkylation sites (N-methyl/N-ethyl adjacent to an activating group) is 1. The number of aromatic nitrogens is 4. The average Bonchev–Trinajstić information content (AvgIpc) is 2.85. The first-order valence-electron chi connectivity index (χ1n) is 6.75. The first-order chi connectivity index (χ1) is 9.24. The molecule has 1 atom stereocenters. The van der Waals surface area contributed by atoms with Crippen LogP contribution in [0.3, 0.4) is 0 Å².